The molecule has 0 saturated heterocycles. The van der Waals surface area contributed by atoms with Crippen LogP contribution in [0.3, 0.4) is 0 Å². The van der Waals surface area contributed by atoms with E-state index in [1.807, 2.05) is 6.07 Å². The molecule has 0 aliphatic rings. The van der Waals surface area contributed by atoms with Crippen molar-refractivity contribution in [1.29, 1.82) is 5.26 Å². The average molecular weight is 426 g/mol. The Morgan fingerprint density at radius 3 is 2.10 bits per heavy atom. The Morgan fingerprint density at radius 2 is 1.60 bits per heavy atom. The Bertz CT molecular complexity index is 1170. The molecule has 1 aromatic carbocycles. The van der Waals surface area contributed by atoms with Gasteiger partial charge in [-0.25, -0.2) is 9.97 Å². The number of nitriles is 1. The highest BCUT2D eigenvalue weighted by Crippen LogP contribution is 2.38. The molecule has 0 fully saturated rings. The van der Waals surface area contributed by atoms with E-state index in [1.165, 1.54) is 12.1 Å². The van der Waals surface area contributed by atoms with Crippen molar-refractivity contribution in [3.8, 4) is 6.07 Å². The molecule has 0 amide bonds. The lowest BCUT2D eigenvalue weighted by Gasteiger charge is -2.15. The molecule has 30 heavy (non-hydrogen) atoms. The normalized spacial score (nSPS) is 13.1. The summed E-state index contributed by atoms with van der Waals surface area (Å²) in [4.78, 5) is 17.0. The van der Waals surface area contributed by atoms with Gasteiger partial charge in [0, 0.05) is 17.5 Å². The van der Waals surface area contributed by atoms with E-state index < -0.39 is 45.5 Å². The minimum atomic E-state index is -5.14. The summed E-state index contributed by atoms with van der Waals surface area (Å²) in [7, 11) is 0. The van der Waals surface area contributed by atoms with Gasteiger partial charge in [0.1, 0.15) is 11.6 Å². The van der Waals surface area contributed by atoms with E-state index in [0.29, 0.717) is 0 Å². The Morgan fingerprint density at radius 1 is 0.967 bits per heavy atom. The van der Waals surface area contributed by atoms with Gasteiger partial charge in [-0.3, -0.25) is 10.1 Å². The van der Waals surface area contributed by atoms with Gasteiger partial charge in [-0.2, -0.15) is 31.6 Å². The summed E-state index contributed by atoms with van der Waals surface area (Å²) in [5.74, 6) is -1.19. The van der Waals surface area contributed by atoms with Crippen molar-refractivity contribution in [1.82, 2.24) is 9.97 Å². The molecule has 12 heteroatoms. The number of halogens is 6. The van der Waals surface area contributed by atoms with Gasteiger partial charge in [0.25, 0.3) is 5.69 Å². The van der Waals surface area contributed by atoms with Gasteiger partial charge in [-0.1, -0.05) is 12.1 Å². The molecule has 0 aliphatic carbocycles. The number of alkyl halides is 6. The largest absolute Gasteiger partial charge is 0.433 e. The van der Waals surface area contributed by atoms with Crippen molar-refractivity contribution >= 4 is 16.7 Å². The lowest BCUT2D eigenvalue weighted by Crippen LogP contribution is -2.14. The quantitative estimate of drug-likeness (QED) is 0.325. The number of nitro groups is 1. The first-order valence-electron chi connectivity index (χ1n) is 8.02. The van der Waals surface area contributed by atoms with Crippen LogP contribution >= 0.6 is 0 Å². The Labute approximate surface area is 163 Å². The summed E-state index contributed by atoms with van der Waals surface area (Å²) >= 11 is 0. The minimum Gasteiger partial charge on any atom is -0.258 e. The van der Waals surface area contributed by atoms with Crippen molar-refractivity contribution < 1.29 is 31.3 Å². The number of pyridine rings is 2. The first-order valence-corrected chi connectivity index (χ1v) is 8.02. The molecule has 154 valence electrons. The van der Waals surface area contributed by atoms with Crippen LogP contribution in [0.4, 0.5) is 32.0 Å². The van der Waals surface area contributed by atoms with Crippen LogP contribution in [0.25, 0.3) is 11.0 Å². The second kappa shape index (κ2) is 7.25. The summed E-state index contributed by atoms with van der Waals surface area (Å²) in [6, 6.07) is 8.43. The Kier molecular flexibility index (Phi) is 5.07. The molecule has 6 nitrogen and oxygen atoms in total. The molecule has 3 aromatic rings. The number of aromatic nitrogens is 2. The Hall–Kier alpha value is -3.75. The van der Waals surface area contributed by atoms with Crippen molar-refractivity contribution in [3.05, 3.63) is 75.1 Å². The number of nitrogens with zero attached hydrogens (tertiary/aromatic N) is 4. The molecule has 1 atom stereocenters. The summed E-state index contributed by atoms with van der Waals surface area (Å²) < 4.78 is 78.8. The maximum atomic E-state index is 13.2. The van der Waals surface area contributed by atoms with Crippen LogP contribution in [0.2, 0.25) is 0 Å². The van der Waals surface area contributed by atoms with Gasteiger partial charge < -0.3 is 0 Å². The van der Waals surface area contributed by atoms with Crippen molar-refractivity contribution in [2.45, 2.75) is 18.3 Å². The third-order valence-electron chi connectivity index (χ3n) is 4.15. The van der Waals surface area contributed by atoms with Gasteiger partial charge in [0.15, 0.2) is 5.65 Å². The SMILES string of the molecule is N#C[C@H](c1ccc([N+](=O)[O-])cc1)c1ccc2c(C(F)(F)F)cc(C(F)(F)F)nc2n1. The van der Waals surface area contributed by atoms with E-state index >= 15 is 0 Å². The first kappa shape index (κ1) is 21.0. The highest BCUT2D eigenvalue weighted by molar-refractivity contribution is 5.80. The minimum absolute atomic E-state index is 0.0954. The van der Waals surface area contributed by atoms with Gasteiger partial charge in [0.2, 0.25) is 0 Å². The zero-order chi connectivity index (χ0) is 22.3. The predicted octanol–water partition coefficient (Wildman–Crippen LogP) is 5.23. The third-order valence-corrected chi connectivity index (χ3v) is 4.15. The number of hydrogen-bond donors (Lipinski definition) is 0. The zero-order valence-corrected chi connectivity index (χ0v) is 14.5. The molecule has 3 rings (SSSR count). The fraction of sp³-hybridized carbons (Fsp3) is 0.167. The average Bonchev–Trinajstić information content (AvgIpc) is 2.66. The topological polar surface area (TPSA) is 92.7 Å². The molecule has 0 saturated carbocycles. The van der Waals surface area contributed by atoms with Crippen LogP contribution in [0.5, 0.6) is 0 Å². The summed E-state index contributed by atoms with van der Waals surface area (Å²) in [6.45, 7) is 0. The molecule has 2 heterocycles. The molecule has 2 aromatic heterocycles. The summed E-state index contributed by atoms with van der Waals surface area (Å²) in [5, 5.41) is 19.5. The third kappa shape index (κ3) is 4.00. The van der Waals surface area contributed by atoms with Crippen LogP contribution in [0.15, 0.2) is 42.5 Å². The second-order valence-corrected chi connectivity index (χ2v) is 6.07. The summed E-state index contributed by atoms with van der Waals surface area (Å²) in [6.07, 6.45) is -10.2. The van der Waals surface area contributed by atoms with E-state index in [1.54, 1.807) is 0 Å². The van der Waals surface area contributed by atoms with Crippen molar-refractivity contribution in [2.24, 2.45) is 0 Å². The number of nitro benzene ring substituents is 1. The van der Waals surface area contributed by atoms with Crippen LogP contribution in [-0.4, -0.2) is 14.9 Å². The number of rotatable bonds is 3. The monoisotopic (exact) mass is 426 g/mol. The van der Waals surface area contributed by atoms with Crippen molar-refractivity contribution in [3.63, 3.8) is 0 Å². The zero-order valence-electron chi connectivity index (χ0n) is 14.5. The fourth-order valence-electron chi connectivity index (χ4n) is 2.76. The predicted molar refractivity (Wildman–Crippen MR) is 90.1 cm³/mol. The van der Waals surface area contributed by atoms with Crippen LogP contribution in [0, 0.1) is 21.4 Å². The van der Waals surface area contributed by atoms with Crippen molar-refractivity contribution in [2.75, 3.05) is 0 Å². The smallest absolute Gasteiger partial charge is 0.258 e. The molecule has 0 spiro atoms. The molecular weight excluding hydrogens is 418 g/mol. The maximum Gasteiger partial charge on any atom is 0.433 e. The van der Waals surface area contributed by atoms with E-state index in [0.717, 1.165) is 24.3 Å². The molecular formula is C18H8F6N4O2. The fourth-order valence-corrected chi connectivity index (χ4v) is 2.76. The Balaban J connectivity index is 2.17. The maximum absolute atomic E-state index is 13.2. The van der Waals surface area contributed by atoms with E-state index in [4.69, 9.17) is 0 Å². The first-order chi connectivity index (χ1) is 13.9. The van der Waals surface area contributed by atoms with Gasteiger partial charge in [-0.05, 0) is 23.8 Å². The van der Waals surface area contributed by atoms with E-state index in [-0.39, 0.29) is 23.0 Å². The van der Waals surface area contributed by atoms with E-state index in [9.17, 15) is 41.7 Å². The highest BCUT2D eigenvalue weighted by atomic mass is 19.4. The molecule has 0 N–H and O–H groups in total. The lowest BCUT2D eigenvalue weighted by atomic mass is 9.96. The second-order valence-electron chi connectivity index (χ2n) is 6.07. The molecule has 0 unspecified atom stereocenters. The number of non-ortho nitro benzene ring substituents is 1. The van der Waals surface area contributed by atoms with Crippen LogP contribution in [0.1, 0.15) is 28.4 Å². The van der Waals surface area contributed by atoms with Gasteiger partial charge in [0.05, 0.1) is 22.2 Å². The van der Waals surface area contributed by atoms with E-state index in [2.05, 4.69) is 9.97 Å². The van der Waals surface area contributed by atoms with Crippen LogP contribution < -0.4 is 0 Å². The summed E-state index contributed by atoms with van der Waals surface area (Å²) in [5.41, 5.74) is -4.33. The van der Waals surface area contributed by atoms with Gasteiger partial charge in [-0.15, -0.1) is 0 Å². The molecule has 0 radical (unpaired) electrons. The number of benzene rings is 1. The standard InChI is InChI=1S/C18H8F6N4O2/c19-17(20,21)13-7-15(18(22,23)24)27-16-11(13)5-6-14(26-16)12(8-25)9-1-3-10(4-2-9)28(29)30/h1-7,12H/t12-/m1/s1. The van der Waals surface area contributed by atoms with Gasteiger partial charge >= 0.3 is 12.4 Å². The molecule has 0 aliphatic heterocycles. The molecule has 0 bridgehead atoms. The number of fused-ring (bicyclic) bond motifs is 1. The lowest BCUT2D eigenvalue weighted by molar-refractivity contribution is -0.384. The number of hydrogen-bond acceptors (Lipinski definition) is 5. The highest BCUT2D eigenvalue weighted by Gasteiger charge is 2.39. The van der Waals surface area contributed by atoms with Crippen LogP contribution in [-0.2, 0) is 12.4 Å².